The first-order chi connectivity index (χ1) is 13.2. The lowest BCUT2D eigenvalue weighted by molar-refractivity contribution is 0.102. The molecule has 1 saturated heterocycles. The maximum atomic E-state index is 12.9. The number of amides is 1. The highest BCUT2D eigenvalue weighted by Gasteiger charge is 2.31. The minimum Gasteiger partial charge on any atom is -0.305 e. The fraction of sp³-hybridized carbons (Fsp3) is 0.333. The van der Waals surface area contributed by atoms with Crippen LogP contribution in [0, 0.1) is 6.92 Å². The van der Waals surface area contributed by atoms with Crippen molar-refractivity contribution in [3.05, 3.63) is 52.1 Å². The zero-order valence-electron chi connectivity index (χ0n) is 15.4. The summed E-state index contributed by atoms with van der Waals surface area (Å²) in [5.74, 6) is 0.0211. The topological polar surface area (TPSA) is 116 Å². The van der Waals surface area contributed by atoms with E-state index in [2.05, 4.69) is 15.5 Å². The van der Waals surface area contributed by atoms with Gasteiger partial charge in [0.1, 0.15) is 5.82 Å². The Balaban J connectivity index is 1.72. The van der Waals surface area contributed by atoms with Crippen molar-refractivity contribution in [2.45, 2.75) is 19.4 Å². The average Bonchev–Trinajstić information content (AvgIpc) is 3.19. The van der Waals surface area contributed by atoms with E-state index in [-0.39, 0.29) is 28.8 Å². The Morgan fingerprint density at radius 1 is 1.21 bits per heavy atom. The van der Waals surface area contributed by atoms with E-state index in [0.29, 0.717) is 28.7 Å². The summed E-state index contributed by atoms with van der Waals surface area (Å²) in [5.41, 5.74) is 0.490. The normalized spacial score (nSPS) is 18.4. The Bertz CT molecular complexity index is 1260. The van der Waals surface area contributed by atoms with Crippen molar-refractivity contribution >= 4 is 32.3 Å². The maximum absolute atomic E-state index is 12.9. The van der Waals surface area contributed by atoms with Crippen molar-refractivity contribution in [2.24, 2.45) is 7.05 Å². The second-order valence-corrected chi connectivity index (χ2v) is 9.18. The summed E-state index contributed by atoms with van der Waals surface area (Å²) >= 11 is 0. The third-order valence-corrected chi connectivity index (χ3v) is 6.58. The summed E-state index contributed by atoms with van der Waals surface area (Å²) in [6.45, 7) is 1.77. The van der Waals surface area contributed by atoms with Gasteiger partial charge in [-0.3, -0.25) is 9.59 Å². The van der Waals surface area contributed by atoms with E-state index in [0.717, 1.165) is 4.68 Å². The first-order valence-corrected chi connectivity index (χ1v) is 10.6. The molecule has 2 aromatic heterocycles. The molecule has 0 spiro atoms. The predicted octanol–water partition coefficient (Wildman–Crippen LogP) is 1.05. The molecule has 9 nitrogen and oxygen atoms in total. The minimum atomic E-state index is -3.09. The average molecular weight is 401 g/mol. The number of sulfone groups is 1. The highest BCUT2D eigenvalue weighted by Crippen LogP contribution is 2.27. The van der Waals surface area contributed by atoms with Gasteiger partial charge < -0.3 is 5.32 Å². The van der Waals surface area contributed by atoms with E-state index >= 15 is 0 Å². The molecule has 3 aromatic rings. The maximum Gasteiger partial charge on any atom is 0.277 e. The van der Waals surface area contributed by atoms with Gasteiger partial charge in [0.15, 0.2) is 15.5 Å². The Morgan fingerprint density at radius 3 is 2.61 bits per heavy atom. The Labute approximate surface area is 160 Å². The van der Waals surface area contributed by atoms with Crippen LogP contribution in [0.15, 0.2) is 35.1 Å². The van der Waals surface area contributed by atoms with Crippen LogP contribution in [0.1, 0.15) is 28.6 Å². The number of benzene rings is 1. The van der Waals surface area contributed by atoms with Crippen molar-refractivity contribution in [1.82, 2.24) is 19.6 Å². The number of nitrogens with zero attached hydrogens (tertiary/aromatic N) is 4. The van der Waals surface area contributed by atoms with Crippen molar-refractivity contribution in [2.75, 3.05) is 16.8 Å². The molecule has 1 aliphatic heterocycles. The largest absolute Gasteiger partial charge is 0.305 e. The van der Waals surface area contributed by atoms with Gasteiger partial charge in [-0.2, -0.15) is 10.2 Å². The van der Waals surface area contributed by atoms with Gasteiger partial charge in [-0.15, -0.1) is 0 Å². The zero-order valence-corrected chi connectivity index (χ0v) is 16.2. The number of aryl methyl sites for hydroxylation is 2. The van der Waals surface area contributed by atoms with Crippen LogP contribution in [-0.4, -0.2) is 45.4 Å². The third kappa shape index (κ3) is 3.19. The number of rotatable bonds is 3. The van der Waals surface area contributed by atoms with Crippen LogP contribution >= 0.6 is 0 Å². The van der Waals surface area contributed by atoms with Gasteiger partial charge in [0.25, 0.3) is 11.5 Å². The molecule has 3 heterocycles. The minimum absolute atomic E-state index is 0.00197. The van der Waals surface area contributed by atoms with E-state index in [1.54, 1.807) is 41.9 Å². The number of hydrogen-bond donors (Lipinski definition) is 1. The summed E-state index contributed by atoms with van der Waals surface area (Å²) in [4.78, 5) is 25.2. The molecule has 146 valence electrons. The zero-order chi connectivity index (χ0) is 20.1. The van der Waals surface area contributed by atoms with Gasteiger partial charge >= 0.3 is 0 Å². The van der Waals surface area contributed by atoms with E-state index < -0.39 is 15.7 Å². The van der Waals surface area contributed by atoms with Crippen LogP contribution in [-0.2, 0) is 16.9 Å². The van der Waals surface area contributed by atoms with Crippen molar-refractivity contribution in [1.29, 1.82) is 0 Å². The Kier molecular flexibility index (Phi) is 4.30. The molecule has 1 fully saturated rings. The molecule has 1 aliphatic rings. The van der Waals surface area contributed by atoms with Crippen molar-refractivity contribution in [3.8, 4) is 0 Å². The SMILES string of the molecule is Cc1cc(NC(=O)c2nn(C)c(=O)c3ccccc23)n([C@H]2CCS(=O)(=O)C2)n1. The molecular weight excluding hydrogens is 382 g/mol. The fourth-order valence-electron chi connectivity index (χ4n) is 3.50. The first kappa shape index (κ1) is 18.4. The number of nitrogens with one attached hydrogen (secondary N) is 1. The molecule has 0 radical (unpaired) electrons. The highest BCUT2D eigenvalue weighted by atomic mass is 32.2. The van der Waals surface area contributed by atoms with Crippen LogP contribution in [0.3, 0.4) is 0 Å². The van der Waals surface area contributed by atoms with E-state index in [9.17, 15) is 18.0 Å². The number of aromatic nitrogens is 4. The van der Waals surface area contributed by atoms with E-state index in [1.807, 2.05) is 0 Å². The summed E-state index contributed by atoms with van der Waals surface area (Å²) < 4.78 is 26.3. The summed E-state index contributed by atoms with van der Waals surface area (Å²) in [6.07, 6.45) is 0.452. The summed E-state index contributed by atoms with van der Waals surface area (Å²) in [6, 6.07) is 8.15. The van der Waals surface area contributed by atoms with Crippen molar-refractivity contribution < 1.29 is 13.2 Å². The van der Waals surface area contributed by atoms with Gasteiger partial charge in [-0.05, 0) is 19.4 Å². The van der Waals surface area contributed by atoms with E-state index in [1.165, 1.54) is 7.05 Å². The number of carbonyl (C=O) groups is 1. The second-order valence-electron chi connectivity index (χ2n) is 6.95. The molecule has 28 heavy (non-hydrogen) atoms. The molecule has 0 aliphatic carbocycles. The number of carbonyl (C=O) groups excluding carboxylic acids is 1. The summed E-state index contributed by atoms with van der Waals surface area (Å²) in [7, 11) is -1.61. The lowest BCUT2D eigenvalue weighted by Gasteiger charge is -2.14. The van der Waals surface area contributed by atoms with Gasteiger partial charge in [0.05, 0.1) is 28.6 Å². The highest BCUT2D eigenvalue weighted by molar-refractivity contribution is 7.91. The van der Waals surface area contributed by atoms with Crippen LogP contribution < -0.4 is 10.9 Å². The third-order valence-electron chi connectivity index (χ3n) is 4.83. The fourth-order valence-corrected chi connectivity index (χ4v) is 5.19. The predicted molar refractivity (Wildman–Crippen MR) is 104 cm³/mol. The number of hydrogen-bond acceptors (Lipinski definition) is 6. The van der Waals surface area contributed by atoms with Gasteiger partial charge in [-0.25, -0.2) is 17.8 Å². The van der Waals surface area contributed by atoms with Crippen LogP contribution in [0.5, 0.6) is 0 Å². The Hall–Kier alpha value is -3.01. The van der Waals surface area contributed by atoms with Gasteiger partial charge in [0.2, 0.25) is 0 Å². The quantitative estimate of drug-likeness (QED) is 0.701. The molecule has 1 N–H and O–H groups in total. The molecule has 0 saturated carbocycles. The lowest BCUT2D eigenvalue weighted by Crippen LogP contribution is -2.26. The van der Waals surface area contributed by atoms with E-state index in [4.69, 9.17) is 0 Å². The first-order valence-electron chi connectivity index (χ1n) is 8.79. The second kappa shape index (κ2) is 6.55. The van der Waals surface area contributed by atoms with Crippen molar-refractivity contribution in [3.63, 3.8) is 0 Å². The molecular formula is C18H19N5O4S. The molecule has 4 rings (SSSR count). The summed E-state index contributed by atoms with van der Waals surface area (Å²) in [5, 5.41) is 12.1. The number of anilines is 1. The van der Waals surface area contributed by atoms with Crippen LogP contribution in [0.2, 0.25) is 0 Å². The van der Waals surface area contributed by atoms with Gasteiger partial charge in [0, 0.05) is 18.5 Å². The van der Waals surface area contributed by atoms with Crippen LogP contribution in [0.4, 0.5) is 5.82 Å². The number of fused-ring (bicyclic) bond motifs is 1. The standard InChI is InChI=1S/C18H19N5O4S/c1-11-9-15(23(20-11)12-7-8-28(26,27)10-12)19-17(24)16-13-5-3-4-6-14(13)18(25)22(2)21-16/h3-6,9,12H,7-8,10H2,1-2H3,(H,19,24)/t12-/m0/s1. The Morgan fingerprint density at radius 2 is 1.93 bits per heavy atom. The molecule has 1 aromatic carbocycles. The molecule has 0 bridgehead atoms. The molecule has 1 atom stereocenters. The molecule has 10 heteroatoms. The lowest BCUT2D eigenvalue weighted by atomic mass is 10.1. The molecule has 0 unspecified atom stereocenters. The smallest absolute Gasteiger partial charge is 0.277 e. The monoisotopic (exact) mass is 401 g/mol. The van der Waals surface area contributed by atoms with Gasteiger partial charge in [-0.1, -0.05) is 18.2 Å². The molecule has 1 amide bonds. The van der Waals surface area contributed by atoms with Crippen LogP contribution in [0.25, 0.3) is 10.8 Å².